The van der Waals surface area contributed by atoms with Gasteiger partial charge in [-0.2, -0.15) is 0 Å². The van der Waals surface area contributed by atoms with Gasteiger partial charge in [0.25, 0.3) is 5.91 Å². The van der Waals surface area contributed by atoms with Gasteiger partial charge in [0.1, 0.15) is 11.6 Å². The van der Waals surface area contributed by atoms with Crippen molar-refractivity contribution in [1.82, 2.24) is 14.9 Å². The van der Waals surface area contributed by atoms with Crippen LogP contribution in [0.2, 0.25) is 0 Å². The molecule has 1 fully saturated rings. The zero-order valence-electron chi connectivity index (χ0n) is 17.9. The summed E-state index contributed by atoms with van der Waals surface area (Å²) in [6.45, 7) is 1.18. The van der Waals surface area contributed by atoms with Gasteiger partial charge >= 0.3 is 0 Å². The molecule has 0 saturated carbocycles. The number of benzene rings is 2. The van der Waals surface area contributed by atoms with Crippen LogP contribution >= 0.6 is 0 Å². The van der Waals surface area contributed by atoms with Gasteiger partial charge in [0, 0.05) is 44.9 Å². The number of para-hydroxylation sites is 1. The highest BCUT2D eigenvalue weighted by Gasteiger charge is 2.32. The van der Waals surface area contributed by atoms with Crippen molar-refractivity contribution < 1.29 is 13.9 Å². The summed E-state index contributed by atoms with van der Waals surface area (Å²) >= 11 is 0. The monoisotopic (exact) mass is 420 g/mol. The molecule has 1 aliphatic rings. The average molecular weight is 420 g/mol. The second-order valence-electron chi connectivity index (χ2n) is 7.81. The first-order valence-corrected chi connectivity index (χ1v) is 10.2. The highest BCUT2D eigenvalue weighted by Crippen LogP contribution is 2.35. The number of likely N-dealkylation sites (tertiary alicyclic amines) is 1. The molecule has 1 saturated heterocycles. The summed E-state index contributed by atoms with van der Waals surface area (Å²) in [4.78, 5) is 26.1. The predicted molar refractivity (Wildman–Crippen MR) is 118 cm³/mol. The minimum atomic E-state index is -0.287. The van der Waals surface area contributed by atoms with Gasteiger partial charge in [-0.15, -0.1) is 0 Å². The maximum atomic E-state index is 13.4. The van der Waals surface area contributed by atoms with Crippen LogP contribution in [-0.4, -0.2) is 55.1 Å². The fourth-order valence-corrected chi connectivity index (χ4v) is 3.92. The van der Waals surface area contributed by atoms with E-state index in [0.717, 1.165) is 23.2 Å². The normalized spacial score (nSPS) is 15.7. The Balaban J connectivity index is 1.65. The SMILES string of the molecule is COc1ccccc1C(=O)N1CC[C@@H](c2nc(N(C)C)ncc2-c2ccc(F)cc2)C1. The van der Waals surface area contributed by atoms with E-state index in [2.05, 4.69) is 4.98 Å². The smallest absolute Gasteiger partial charge is 0.257 e. The van der Waals surface area contributed by atoms with E-state index in [-0.39, 0.29) is 17.6 Å². The Kier molecular flexibility index (Phi) is 5.84. The van der Waals surface area contributed by atoms with Gasteiger partial charge in [-0.25, -0.2) is 14.4 Å². The van der Waals surface area contributed by atoms with Gasteiger partial charge in [-0.05, 0) is 36.2 Å². The van der Waals surface area contributed by atoms with Crippen LogP contribution in [0.5, 0.6) is 5.75 Å². The van der Waals surface area contributed by atoms with Gasteiger partial charge in [-0.1, -0.05) is 24.3 Å². The lowest BCUT2D eigenvalue weighted by atomic mass is 9.96. The summed E-state index contributed by atoms with van der Waals surface area (Å²) in [5, 5.41) is 0. The lowest BCUT2D eigenvalue weighted by Crippen LogP contribution is -2.29. The topological polar surface area (TPSA) is 58.6 Å². The number of carbonyl (C=O) groups is 1. The summed E-state index contributed by atoms with van der Waals surface area (Å²) in [7, 11) is 5.35. The summed E-state index contributed by atoms with van der Waals surface area (Å²) in [6, 6.07) is 13.6. The fraction of sp³-hybridized carbons (Fsp3) is 0.292. The molecule has 4 rings (SSSR count). The number of halogens is 1. The van der Waals surface area contributed by atoms with E-state index >= 15 is 0 Å². The highest BCUT2D eigenvalue weighted by atomic mass is 19.1. The first-order valence-electron chi connectivity index (χ1n) is 10.2. The van der Waals surface area contributed by atoms with Crippen molar-refractivity contribution in [2.45, 2.75) is 12.3 Å². The minimum absolute atomic E-state index is 0.0508. The third-order valence-electron chi connectivity index (χ3n) is 5.56. The van der Waals surface area contributed by atoms with Gasteiger partial charge < -0.3 is 14.5 Å². The zero-order valence-corrected chi connectivity index (χ0v) is 17.9. The van der Waals surface area contributed by atoms with Crippen LogP contribution in [0.1, 0.15) is 28.4 Å². The van der Waals surface area contributed by atoms with Crippen LogP contribution < -0.4 is 9.64 Å². The van der Waals surface area contributed by atoms with Crippen LogP contribution in [0.3, 0.4) is 0 Å². The zero-order chi connectivity index (χ0) is 22.0. The largest absolute Gasteiger partial charge is 0.496 e. The molecule has 3 aromatic rings. The molecule has 6 nitrogen and oxygen atoms in total. The highest BCUT2D eigenvalue weighted by molar-refractivity contribution is 5.97. The molecule has 1 aromatic heterocycles. The lowest BCUT2D eigenvalue weighted by Gasteiger charge is -2.20. The summed E-state index contributed by atoms with van der Waals surface area (Å²) in [5.41, 5.74) is 3.15. The van der Waals surface area contributed by atoms with Gasteiger partial charge in [0.2, 0.25) is 5.95 Å². The molecule has 1 atom stereocenters. The molecule has 160 valence electrons. The van der Waals surface area contributed by atoms with Crippen molar-refractivity contribution in [1.29, 1.82) is 0 Å². The van der Waals surface area contributed by atoms with Gasteiger partial charge in [0.15, 0.2) is 0 Å². The van der Waals surface area contributed by atoms with Crippen molar-refractivity contribution in [3.63, 3.8) is 0 Å². The van der Waals surface area contributed by atoms with E-state index in [1.54, 1.807) is 37.6 Å². The number of ether oxygens (including phenoxy) is 1. The number of carbonyl (C=O) groups excluding carboxylic acids is 1. The Morgan fingerprint density at radius 3 is 2.61 bits per heavy atom. The van der Waals surface area contributed by atoms with Crippen LogP contribution in [-0.2, 0) is 0 Å². The average Bonchev–Trinajstić information content (AvgIpc) is 3.29. The molecule has 0 bridgehead atoms. The maximum Gasteiger partial charge on any atom is 0.257 e. The first-order chi connectivity index (χ1) is 15.0. The van der Waals surface area contributed by atoms with Crippen LogP contribution in [0.15, 0.2) is 54.7 Å². The molecular formula is C24H25FN4O2. The second-order valence-corrected chi connectivity index (χ2v) is 7.81. The second kappa shape index (κ2) is 8.71. The third-order valence-corrected chi connectivity index (χ3v) is 5.56. The molecule has 0 aliphatic carbocycles. The van der Waals surface area contributed by atoms with Crippen molar-refractivity contribution in [3.8, 4) is 16.9 Å². The molecule has 1 aliphatic heterocycles. The van der Waals surface area contributed by atoms with E-state index < -0.39 is 0 Å². The number of hydrogen-bond acceptors (Lipinski definition) is 5. The van der Waals surface area contributed by atoms with Crippen LogP contribution in [0, 0.1) is 5.82 Å². The Morgan fingerprint density at radius 1 is 1.16 bits per heavy atom. The number of hydrogen-bond donors (Lipinski definition) is 0. The number of amides is 1. The van der Waals surface area contributed by atoms with E-state index in [1.165, 1.54) is 12.1 Å². The maximum absolute atomic E-state index is 13.4. The van der Waals surface area contributed by atoms with E-state index in [1.807, 2.05) is 36.0 Å². The lowest BCUT2D eigenvalue weighted by molar-refractivity contribution is 0.0787. The summed E-state index contributed by atoms with van der Waals surface area (Å²) in [5.74, 6) is 0.895. The number of anilines is 1. The summed E-state index contributed by atoms with van der Waals surface area (Å²) in [6.07, 6.45) is 2.58. The molecule has 7 heteroatoms. The number of aromatic nitrogens is 2. The Labute approximate surface area is 181 Å². The molecule has 0 N–H and O–H groups in total. The molecule has 1 amide bonds. The summed E-state index contributed by atoms with van der Waals surface area (Å²) < 4.78 is 18.8. The third kappa shape index (κ3) is 4.21. The molecule has 2 heterocycles. The molecule has 0 unspecified atom stereocenters. The molecule has 0 radical (unpaired) electrons. The van der Waals surface area contributed by atoms with Crippen molar-refractivity contribution >= 4 is 11.9 Å². The molecule has 2 aromatic carbocycles. The van der Waals surface area contributed by atoms with Crippen LogP contribution in [0.4, 0.5) is 10.3 Å². The number of nitrogens with zero attached hydrogens (tertiary/aromatic N) is 4. The Bertz CT molecular complexity index is 1090. The molecular weight excluding hydrogens is 395 g/mol. The predicted octanol–water partition coefficient (Wildman–Crippen LogP) is 3.99. The van der Waals surface area contributed by atoms with Crippen molar-refractivity contribution in [2.75, 3.05) is 39.2 Å². The van der Waals surface area contributed by atoms with E-state index in [0.29, 0.717) is 30.4 Å². The quantitative estimate of drug-likeness (QED) is 0.625. The van der Waals surface area contributed by atoms with Crippen molar-refractivity contribution in [3.05, 3.63) is 71.8 Å². The van der Waals surface area contributed by atoms with Gasteiger partial charge in [0.05, 0.1) is 18.4 Å². The number of methoxy groups -OCH3 is 1. The van der Waals surface area contributed by atoms with Crippen molar-refractivity contribution in [2.24, 2.45) is 0 Å². The standard InChI is InChI=1S/C24H25FN4O2/c1-28(2)24-26-14-20(16-8-10-18(25)11-9-16)22(27-24)17-12-13-29(15-17)23(30)19-6-4-5-7-21(19)31-3/h4-11,14,17H,12-13,15H2,1-3H3/t17-/m1/s1. The van der Waals surface area contributed by atoms with E-state index in [4.69, 9.17) is 9.72 Å². The molecule has 31 heavy (non-hydrogen) atoms. The number of rotatable bonds is 5. The minimum Gasteiger partial charge on any atom is -0.496 e. The first kappa shape index (κ1) is 20.8. The van der Waals surface area contributed by atoms with Gasteiger partial charge in [-0.3, -0.25) is 4.79 Å². The molecule has 0 spiro atoms. The fourth-order valence-electron chi connectivity index (χ4n) is 3.92. The van der Waals surface area contributed by atoms with E-state index in [9.17, 15) is 9.18 Å². The van der Waals surface area contributed by atoms with Crippen LogP contribution in [0.25, 0.3) is 11.1 Å². The Hall–Kier alpha value is -3.48. The Morgan fingerprint density at radius 2 is 1.90 bits per heavy atom.